The van der Waals surface area contributed by atoms with Crippen LogP contribution in [0.2, 0.25) is 0 Å². The van der Waals surface area contributed by atoms with Crippen molar-refractivity contribution in [1.82, 2.24) is 9.80 Å². The van der Waals surface area contributed by atoms with Gasteiger partial charge in [0.2, 0.25) is 0 Å². The second-order valence-corrected chi connectivity index (χ2v) is 5.08. The summed E-state index contributed by atoms with van der Waals surface area (Å²) in [5, 5.41) is 0. The Morgan fingerprint density at radius 1 is 1.07 bits per heavy atom. The SMILES string of the molecule is CSCCN1CCCN(CCCl)CC1. The summed E-state index contributed by atoms with van der Waals surface area (Å²) in [6, 6.07) is 0. The van der Waals surface area contributed by atoms with E-state index in [0.717, 1.165) is 12.4 Å². The molecule has 0 atom stereocenters. The average Bonchev–Trinajstić information content (AvgIpc) is 2.41. The van der Waals surface area contributed by atoms with Crippen molar-refractivity contribution in [2.75, 3.05) is 57.2 Å². The zero-order valence-electron chi connectivity index (χ0n) is 9.04. The van der Waals surface area contributed by atoms with Gasteiger partial charge in [0.1, 0.15) is 0 Å². The molecule has 0 unspecified atom stereocenters. The Bertz CT molecular complexity index is 146. The summed E-state index contributed by atoms with van der Waals surface area (Å²) in [5.74, 6) is 2.03. The second kappa shape index (κ2) is 7.80. The van der Waals surface area contributed by atoms with Gasteiger partial charge in [-0.05, 0) is 25.8 Å². The van der Waals surface area contributed by atoms with Gasteiger partial charge in [-0.3, -0.25) is 0 Å². The van der Waals surface area contributed by atoms with Crippen LogP contribution in [-0.2, 0) is 0 Å². The number of halogens is 1. The summed E-state index contributed by atoms with van der Waals surface area (Å²) in [6.07, 6.45) is 3.48. The lowest BCUT2D eigenvalue weighted by Crippen LogP contribution is -2.32. The molecule has 0 aromatic carbocycles. The fourth-order valence-electron chi connectivity index (χ4n) is 1.81. The molecule has 1 heterocycles. The minimum Gasteiger partial charge on any atom is -0.301 e. The molecule has 2 nitrogen and oxygen atoms in total. The molecule has 1 fully saturated rings. The molecule has 1 aliphatic rings. The van der Waals surface area contributed by atoms with Gasteiger partial charge >= 0.3 is 0 Å². The van der Waals surface area contributed by atoms with E-state index in [-0.39, 0.29) is 0 Å². The Morgan fingerprint density at radius 3 is 2.29 bits per heavy atom. The molecule has 0 aromatic rings. The number of thioether (sulfide) groups is 1. The first-order valence-corrected chi connectivity index (χ1v) is 7.29. The maximum atomic E-state index is 5.75. The van der Waals surface area contributed by atoms with Crippen LogP contribution in [0.15, 0.2) is 0 Å². The van der Waals surface area contributed by atoms with E-state index in [1.807, 2.05) is 11.8 Å². The molecular weight excluding hydrogens is 216 g/mol. The molecule has 1 aliphatic heterocycles. The largest absolute Gasteiger partial charge is 0.301 e. The second-order valence-electron chi connectivity index (χ2n) is 3.72. The summed E-state index contributed by atoms with van der Waals surface area (Å²) in [4.78, 5) is 5.05. The van der Waals surface area contributed by atoms with Crippen LogP contribution in [0.5, 0.6) is 0 Å². The van der Waals surface area contributed by atoms with Crippen molar-refractivity contribution in [3.05, 3.63) is 0 Å². The smallest absolute Gasteiger partial charge is 0.0351 e. The highest BCUT2D eigenvalue weighted by molar-refractivity contribution is 7.98. The Kier molecular flexibility index (Phi) is 7.04. The van der Waals surface area contributed by atoms with Gasteiger partial charge in [-0.15, -0.1) is 11.6 Å². The van der Waals surface area contributed by atoms with Crippen molar-refractivity contribution in [3.63, 3.8) is 0 Å². The minimum atomic E-state index is 0.769. The van der Waals surface area contributed by atoms with Crippen LogP contribution in [0.3, 0.4) is 0 Å². The number of rotatable bonds is 5. The van der Waals surface area contributed by atoms with Gasteiger partial charge in [0.25, 0.3) is 0 Å². The van der Waals surface area contributed by atoms with E-state index in [1.165, 1.54) is 44.9 Å². The zero-order chi connectivity index (χ0) is 10.2. The number of alkyl halides is 1. The Morgan fingerprint density at radius 2 is 1.71 bits per heavy atom. The fourth-order valence-corrected chi connectivity index (χ4v) is 2.49. The molecular formula is C10H21ClN2S. The molecule has 0 saturated carbocycles. The van der Waals surface area contributed by atoms with Crippen LogP contribution in [0.4, 0.5) is 0 Å². The highest BCUT2D eigenvalue weighted by atomic mass is 35.5. The van der Waals surface area contributed by atoms with Gasteiger partial charge in [0, 0.05) is 37.8 Å². The summed E-state index contributed by atoms with van der Waals surface area (Å²) in [5.41, 5.74) is 0. The normalized spacial score (nSPS) is 21.0. The Hall–Kier alpha value is 0.560. The third-order valence-corrected chi connectivity index (χ3v) is 3.45. The zero-order valence-corrected chi connectivity index (χ0v) is 10.6. The number of nitrogens with zero attached hydrogens (tertiary/aromatic N) is 2. The topological polar surface area (TPSA) is 6.48 Å². The standard InChI is InChI=1S/C10H21ClN2S/c1-14-10-9-13-5-2-4-12(6-3-11)7-8-13/h2-10H2,1H3. The average molecular weight is 237 g/mol. The van der Waals surface area contributed by atoms with Gasteiger partial charge in [-0.25, -0.2) is 0 Å². The highest BCUT2D eigenvalue weighted by Crippen LogP contribution is 2.04. The van der Waals surface area contributed by atoms with E-state index in [1.54, 1.807) is 0 Å². The fraction of sp³-hybridized carbons (Fsp3) is 1.00. The molecule has 0 N–H and O–H groups in total. The third kappa shape index (κ3) is 4.87. The van der Waals surface area contributed by atoms with E-state index < -0.39 is 0 Å². The molecule has 4 heteroatoms. The highest BCUT2D eigenvalue weighted by Gasteiger charge is 2.13. The van der Waals surface area contributed by atoms with E-state index >= 15 is 0 Å². The molecule has 0 bridgehead atoms. The lowest BCUT2D eigenvalue weighted by molar-refractivity contribution is 0.273. The van der Waals surface area contributed by atoms with Gasteiger partial charge in [-0.2, -0.15) is 11.8 Å². The lowest BCUT2D eigenvalue weighted by atomic mass is 10.4. The van der Waals surface area contributed by atoms with Crippen LogP contribution in [0.25, 0.3) is 0 Å². The van der Waals surface area contributed by atoms with Crippen molar-refractivity contribution in [1.29, 1.82) is 0 Å². The van der Waals surface area contributed by atoms with Crippen LogP contribution in [0, 0.1) is 0 Å². The van der Waals surface area contributed by atoms with E-state index in [2.05, 4.69) is 16.1 Å². The minimum absolute atomic E-state index is 0.769. The molecule has 1 rings (SSSR count). The van der Waals surface area contributed by atoms with Crippen molar-refractivity contribution in [3.8, 4) is 0 Å². The van der Waals surface area contributed by atoms with E-state index in [4.69, 9.17) is 11.6 Å². The van der Waals surface area contributed by atoms with Crippen molar-refractivity contribution in [2.45, 2.75) is 6.42 Å². The molecule has 0 spiro atoms. The molecule has 14 heavy (non-hydrogen) atoms. The van der Waals surface area contributed by atoms with E-state index in [0.29, 0.717) is 0 Å². The van der Waals surface area contributed by atoms with E-state index in [9.17, 15) is 0 Å². The molecule has 0 aliphatic carbocycles. The summed E-state index contributed by atoms with van der Waals surface area (Å²) in [7, 11) is 0. The monoisotopic (exact) mass is 236 g/mol. The van der Waals surface area contributed by atoms with Gasteiger partial charge in [0.05, 0.1) is 0 Å². The maximum Gasteiger partial charge on any atom is 0.0351 e. The first-order chi connectivity index (χ1) is 6.86. The predicted molar refractivity (Wildman–Crippen MR) is 66.6 cm³/mol. The van der Waals surface area contributed by atoms with Crippen LogP contribution in [-0.4, -0.2) is 67.0 Å². The molecule has 84 valence electrons. The van der Waals surface area contributed by atoms with Crippen LogP contribution in [0.1, 0.15) is 6.42 Å². The first kappa shape index (κ1) is 12.6. The summed E-state index contributed by atoms with van der Waals surface area (Å²) >= 11 is 7.69. The van der Waals surface area contributed by atoms with Crippen molar-refractivity contribution in [2.24, 2.45) is 0 Å². The summed E-state index contributed by atoms with van der Waals surface area (Å²) < 4.78 is 0. The van der Waals surface area contributed by atoms with Crippen LogP contribution < -0.4 is 0 Å². The Labute approximate surface area is 97.0 Å². The maximum absolute atomic E-state index is 5.75. The quantitative estimate of drug-likeness (QED) is 0.670. The molecule has 0 aromatic heterocycles. The number of hydrogen-bond donors (Lipinski definition) is 0. The van der Waals surface area contributed by atoms with Crippen LogP contribution >= 0.6 is 23.4 Å². The van der Waals surface area contributed by atoms with Crippen molar-refractivity contribution < 1.29 is 0 Å². The molecule has 0 amide bonds. The first-order valence-electron chi connectivity index (χ1n) is 5.36. The Balaban J connectivity index is 2.19. The van der Waals surface area contributed by atoms with Crippen molar-refractivity contribution >= 4 is 23.4 Å². The number of hydrogen-bond acceptors (Lipinski definition) is 3. The van der Waals surface area contributed by atoms with Gasteiger partial charge in [0.15, 0.2) is 0 Å². The van der Waals surface area contributed by atoms with Gasteiger partial charge in [-0.1, -0.05) is 0 Å². The lowest BCUT2D eigenvalue weighted by Gasteiger charge is -2.20. The predicted octanol–water partition coefficient (Wildman–Crippen LogP) is 1.60. The molecule has 0 radical (unpaired) electrons. The van der Waals surface area contributed by atoms with Gasteiger partial charge < -0.3 is 9.80 Å². The third-order valence-electron chi connectivity index (χ3n) is 2.69. The molecule has 1 saturated heterocycles. The summed E-state index contributed by atoms with van der Waals surface area (Å²) in [6.45, 7) is 7.20.